The van der Waals surface area contributed by atoms with Gasteiger partial charge in [-0.25, -0.2) is 0 Å². The van der Waals surface area contributed by atoms with Gasteiger partial charge in [-0.3, -0.25) is 0 Å². The highest BCUT2D eigenvalue weighted by atomic mass is 32.1. The van der Waals surface area contributed by atoms with Crippen LogP contribution in [0.2, 0.25) is 0 Å². The standard InChI is InChI=1S/C11H23N3S/c1-4-13-5-7-14(8-6-13)11(15)12-9-10(2)3/h10H,4-9H2,1-3H3,(H,12,15)/p+1. The largest absolute Gasteiger partial charge is 0.362 e. The van der Waals surface area contributed by atoms with E-state index in [-0.39, 0.29) is 0 Å². The van der Waals surface area contributed by atoms with Crippen LogP contribution in [-0.2, 0) is 0 Å². The minimum absolute atomic E-state index is 0.658. The predicted octanol–water partition coefficient (Wildman–Crippen LogP) is -0.263. The summed E-state index contributed by atoms with van der Waals surface area (Å²) in [5.41, 5.74) is 0. The summed E-state index contributed by atoms with van der Waals surface area (Å²) in [7, 11) is 0. The van der Waals surface area contributed by atoms with Crippen molar-refractivity contribution >= 4 is 17.3 Å². The molecule has 0 spiro atoms. The molecule has 1 saturated heterocycles. The van der Waals surface area contributed by atoms with Crippen molar-refractivity contribution in [2.75, 3.05) is 39.3 Å². The highest BCUT2D eigenvalue weighted by Gasteiger charge is 2.19. The van der Waals surface area contributed by atoms with Gasteiger partial charge in [0.25, 0.3) is 0 Å². The van der Waals surface area contributed by atoms with Crippen LogP contribution in [0.15, 0.2) is 0 Å². The molecule has 1 aliphatic heterocycles. The van der Waals surface area contributed by atoms with Crippen molar-refractivity contribution in [3.63, 3.8) is 0 Å². The Morgan fingerprint density at radius 2 is 2.00 bits per heavy atom. The SMILES string of the molecule is CC[NH+]1CCN(C(=S)NCC(C)C)CC1. The average molecular weight is 230 g/mol. The Balaban J connectivity index is 2.24. The quantitative estimate of drug-likeness (QED) is 0.652. The molecule has 0 radical (unpaired) electrons. The van der Waals surface area contributed by atoms with E-state index in [0.717, 1.165) is 24.7 Å². The molecule has 0 atom stereocenters. The third kappa shape index (κ3) is 4.34. The lowest BCUT2D eigenvalue weighted by molar-refractivity contribution is -0.902. The Kier molecular flexibility index (Phi) is 5.32. The molecule has 0 unspecified atom stereocenters. The zero-order valence-corrected chi connectivity index (χ0v) is 11.0. The van der Waals surface area contributed by atoms with Gasteiger partial charge in [0, 0.05) is 6.54 Å². The number of piperazine rings is 1. The normalized spacial score (nSPS) is 18.3. The van der Waals surface area contributed by atoms with Crippen LogP contribution in [0.3, 0.4) is 0 Å². The molecule has 15 heavy (non-hydrogen) atoms. The van der Waals surface area contributed by atoms with E-state index in [9.17, 15) is 0 Å². The Labute approximate surface area is 98.8 Å². The first-order valence-electron chi connectivity index (χ1n) is 5.99. The second kappa shape index (κ2) is 6.28. The minimum atomic E-state index is 0.658. The molecular weight excluding hydrogens is 206 g/mol. The highest BCUT2D eigenvalue weighted by Crippen LogP contribution is 1.93. The van der Waals surface area contributed by atoms with E-state index in [1.807, 2.05) is 0 Å². The summed E-state index contributed by atoms with van der Waals surface area (Å²) in [5, 5.41) is 4.28. The number of hydrogen-bond acceptors (Lipinski definition) is 1. The maximum absolute atomic E-state index is 5.37. The first-order chi connectivity index (χ1) is 7.13. The molecule has 0 saturated carbocycles. The fourth-order valence-corrected chi connectivity index (χ4v) is 2.05. The van der Waals surface area contributed by atoms with E-state index in [1.165, 1.54) is 19.6 Å². The van der Waals surface area contributed by atoms with Gasteiger partial charge in [0.1, 0.15) is 0 Å². The molecule has 0 aromatic rings. The van der Waals surface area contributed by atoms with Gasteiger partial charge < -0.3 is 15.1 Å². The summed E-state index contributed by atoms with van der Waals surface area (Å²) in [6.45, 7) is 13.5. The summed E-state index contributed by atoms with van der Waals surface area (Å²) < 4.78 is 0. The van der Waals surface area contributed by atoms with Gasteiger partial charge in [-0.15, -0.1) is 0 Å². The van der Waals surface area contributed by atoms with Crippen LogP contribution < -0.4 is 10.2 Å². The lowest BCUT2D eigenvalue weighted by Crippen LogP contribution is -3.14. The van der Waals surface area contributed by atoms with Crippen molar-refractivity contribution < 1.29 is 4.90 Å². The first kappa shape index (κ1) is 12.7. The van der Waals surface area contributed by atoms with E-state index in [1.54, 1.807) is 4.90 Å². The van der Waals surface area contributed by atoms with Gasteiger partial charge >= 0.3 is 0 Å². The van der Waals surface area contributed by atoms with Gasteiger partial charge in [0.05, 0.1) is 32.7 Å². The topological polar surface area (TPSA) is 19.7 Å². The van der Waals surface area contributed by atoms with Crippen molar-refractivity contribution in [3.05, 3.63) is 0 Å². The Morgan fingerprint density at radius 1 is 1.40 bits per heavy atom. The van der Waals surface area contributed by atoms with Crippen LogP contribution in [0.5, 0.6) is 0 Å². The summed E-state index contributed by atoms with van der Waals surface area (Å²) in [4.78, 5) is 3.99. The molecule has 88 valence electrons. The van der Waals surface area contributed by atoms with Crippen LogP contribution in [-0.4, -0.2) is 49.3 Å². The van der Waals surface area contributed by atoms with E-state index < -0.39 is 0 Å². The molecule has 1 heterocycles. The maximum Gasteiger partial charge on any atom is 0.169 e. The lowest BCUT2D eigenvalue weighted by Gasteiger charge is -2.33. The van der Waals surface area contributed by atoms with Crippen LogP contribution >= 0.6 is 12.2 Å². The number of likely N-dealkylation sites (N-methyl/N-ethyl adjacent to an activating group) is 1. The van der Waals surface area contributed by atoms with Gasteiger partial charge in [0.15, 0.2) is 5.11 Å². The molecule has 0 aromatic carbocycles. The predicted molar refractivity (Wildman–Crippen MR) is 68.2 cm³/mol. The first-order valence-corrected chi connectivity index (χ1v) is 6.40. The summed E-state index contributed by atoms with van der Waals surface area (Å²) in [6, 6.07) is 0. The third-order valence-corrected chi connectivity index (χ3v) is 3.32. The zero-order valence-electron chi connectivity index (χ0n) is 10.2. The zero-order chi connectivity index (χ0) is 11.3. The Hall–Kier alpha value is -0.350. The van der Waals surface area contributed by atoms with E-state index >= 15 is 0 Å². The van der Waals surface area contributed by atoms with Gasteiger partial charge in [-0.05, 0) is 25.1 Å². The molecule has 4 heteroatoms. The molecule has 0 aliphatic carbocycles. The molecule has 0 bridgehead atoms. The van der Waals surface area contributed by atoms with Crippen molar-refractivity contribution in [1.82, 2.24) is 10.2 Å². The number of rotatable bonds is 3. The summed E-state index contributed by atoms with van der Waals surface area (Å²) in [6.07, 6.45) is 0. The summed E-state index contributed by atoms with van der Waals surface area (Å²) >= 11 is 5.37. The number of nitrogens with one attached hydrogen (secondary N) is 2. The van der Waals surface area contributed by atoms with Crippen LogP contribution in [0, 0.1) is 5.92 Å². The van der Waals surface area contributed by atoms with Gasteiger partial charge in [0.2, 0.25) is 0 Å². The molecule has 1 aliphatic rings. The fourth-order valence-electron chi connectivity index (χ4n) is 1.78. The van der Waals surface area contributed by atoms with Crippen molar-refractivity contribution in [3.8, 4) is 0 Å². The number of thiocarbonyl (C=S) groups is 1. The van der Waals surface area contributed by atoms with Gasteiger partial charge in [-0.1, -0.05) is 13.8 Å². The van der Waals surface area contributed by atoms with Crippen molar-refractivity contribution in [2.24, 2.45) is 5.92 Å². The number of hydrogen-bond donors (Lipinski definition) is 2. The average Bonchev–Trinajstić information content (AvgIpc) is 2.26. The number of quaternary nitrogens is 1. The van der Waals surface area contributed by atoms with E-state index in [4.69, 9.17) is 12.2 Å². The smallest absolute Gasteiger partial charge is 0.169 e. The second-order valence-corrected chi connectivity index (χ2v) is 5.06. The molecule has 2 N–H and O–H groups in total. The van der Waals surface area contributed by atoms with Crippen molar-refractivity contribution in [2.45, 2.75) is 20.8 Å². The van der Waals surface area contributed by atoms with Crippen LogP contribution in [0.25, 0.3) is 0 Å². The molecule has 1 rings (SSSR count). The molecular formula is C11H24N3S+. The summed E-state index contributed by atoms with van der Waals surface area (Å²) in [5.74, 6) is 0.658. The van der Waals surface area contributed by atoms with Crippen LogP contribution in [0.1, 0.15) is 20.8 Å². The minimum Gasteiger partial charge on any atom is -0.362 e. The second-order valence-electron chi connectivity index (χ2n) is 4.67. The molecule has 0 aromatic heterocycles. The molecule has 1 fully saturated rings. The molecule has 3 nitrogen and oxygen atoms in total. The molecule has 0 amide bonds. The Bertz CT molecular complexity index is 198. The van der Waals surface area contributed by atoms with Crippen LogP contribution in [0.4, 0.5) is 0 Å². The third-order valence-electron chi connectivity index (χ3n) is 2.92. The monoisotopic (exact) mass is 230 g/mol. The van der Waals surface area contributed by atoms with E-state index in [2.05, 4.69) is 31.0 Å². The maximum atomic E-state index is 5.37. The van der Waals surface area contributed by atoms with Crippen molar-refractivity contribution in [1.29, 1.82) is 0 Å². The van der Waals surface area contributed by atoms with Gasteiger partial charge in [-0.2, -0.15) is 0 Å². The Morgan fingerprint density at radius 3 is 2.47 bits per heavy atom. The number of nitrogens with zero attached hydrogens (tertiary/aromatic N) is 1. The lowest BCUT2D eigenvalue weighted by atomic mass is 10.2. The fraction of sp³-hybridized carbons (Fsp3) is 0.909. The highest BCUT2D eigenvalue weighted by molar-refractivity contribution is 7.80. The van der Waals surface area contributed by atoms with E-state index in [0.29, 0.717) is 5.92 Å².